The lowest BCUT2D eigenvalue weighted by Gasteiger charge is -2.27. The summed E-state index contributed by atoms with van der Waals surface area (Å²) in [4.78, 5) is 62.1. The normalized spacial score (nSPS) is 13.3. The second-order valence-corrected chi connectivity index (χ2v) is 11.2. The zero-order chi connectivity index (χ0) is 30.4. The first kappa shape index (κ1) is 34.7. The Labute approximate surface area is 242 Å². The minimum Gasteiger partial charge on any atom is -0.478 e. The number of aromatic carboxylic acids is 1. The molecule has 40 heavy (non-hydrogen) atoms. The summed E-state index contributed by atoms with van der Waals surface area (Å²) in [5, 5.41) is 19.7. The molecule has 0 aliphatic rings. The maximum atomic E-state index is 13.2. The molecule has 1 aromatic rings. The van der Waals surface area contributed by atoms with E-state index in [1.165, 1.54) is 12.1 Å². The van der Waals surface area contributed by atoms with Crippen molar-refractivity contribution in [3.8, 4) is 0 Å². The molecule has 1 rings (SSSR count). The number of carbonyl (C=O) groups excluding carboxylic acids is 4. The summed E-state index contributed by atoms with van der Waals surface area (Å²) in [6, 6.07) is 3.54. The molecular formula is C28H44N4O7S. The van der Waals surface area contributed by atoms with Crippen molar-refractivity contribution < 1.29 is 33.8 Å². The summed E-state index contributed by atoms with van der Waals surface area (Å²) in [6.45, 7) is 11.6. The van der Waals surface area contributed by atoms with Gasteiger partial charge in [0.1, 0.15) is 18.1 Å². The molecule has 12 heteroatoms. The van der Waals surface area contributed by atoms with Crippen molar-refractivity contribution in [2.24, 2.45) is 17.8 Å². The summed E-state index contributed by atoms with van der Waals surface area (Å²) < 4.78 is 5.13. The Morgan fingerprint density at radius 1 is 0.825 bits per heavy atom. The quantitative estimate of drug-likeness (QED) is 0.164. The smallest absolute Gasteiger partial charge is 0.407 e. The summed E-state index contributed by atoms with van der Waals surface area (Å²) >= 11 is 4.21. The summed E-state index contributed by atoms with van der Waals surface area (Å²) in [6.07, 6.45) is 0.0682. The van der Waals surface area contributed by atoms with Crippen LogP contribution in [-0.2, 0) is 25.5 Å². The second kappa shape index (κ2) is 17.4. The Bertz CT molecular complexity index is 999. The highest BCUT2D eigenvalue weighted by atomic mass is 32.1. The van der Waals surface area contributed by atoms with E-state index in [2.05, 4.69) is 33.9 Å². The molecule has 0 spiro atoms. The van der Waals surface area contributed by atoms with Gasteiger partial charge in [-0.05, 0) is 48.3 Å². The van der Waals surface area contributed by atoms with E-state index in [1.54, 1.807) is 26.0 Å². The highest BCUT2D eigenvalue weighted by Crippen LogP contribution is 2.09. The molecular weight excluding hydrogens is 536 g/mol. The van der Waals surface area contributed by atoms with Crippen LogP contribution in [0.3, 0.4) is 0 Å². The first-order valence-electron chi connectivity index (χ1n) is 13.5. The topological polar surface area (TPSA) is 163 Å². The van der Waals surface area contributed by atoms with E-state index in [0.717, 1.165) is 5.56 Å². The summed E-state index contributed by atoms with van der Waals surface area (Å²) in [5.74, 6) is -2.57. The molecule has 0 radical (unpaired) electrons. The predicted octanol–water partition coefficient (Wildman–Crippen LogP) is 2.40. The summed E-state index contributed by atoms with van der Waals surface area (Å²) in [5.41, 5.74) is 1.02. The van der Waals surface area contributed by atoms with Crippen molar-refractivity contribution in [2.75, 3.05) is 18.9 Å². The van der Waals surface area contributed by atoms with Crippen LogP contribution in [0.4, 0.5) is 4.79 Å². The van der Waals surface area contributed by atoms with Crippen LogP contribution in [0, 0.1) is 17.8 Å². The number of alkyl carbamates (subject to hydrolysis) is 1. The van der Waals surface area contributed by atoms with E-state index < -0.39 is 47.9 Å². The number of benzene rings is 1. The molecule has 0 aromatic heterocycles. The number of amides is 4. The van der Waals surface area contributed by atoms with E-state index >= 15 is 0 Å². The Balaban J connectivity index is 2.79. The minimum atomic E-state index is -1.01. The Morgan fingerprint density at radius 2 is 1.43 bits per heavy atom. The van der Waals surface area contributed by atoms with Crippen molar-refractivity contribution in [2.45, 2.75) is 72.5 Å². The molecule has 0 aliphatic carbocycles. The van der Waals surface area contributed by atoms with Crippen molar-refractivity contribution in [1.82, 2.24) is 21.3 Å². The van der Waals surface area contributed by atoms with Crippen LogP contribution < -0.4 is 21.3 Å². The average molecular weight is 581 g/mol. The van der Waals surface area contributed by atoms with Gasteiger partial charge in [-0.1, -0.05) is 53.7 Å². The molecule has 0 bridgehead atoms. The van der Waals surface area contributed by atoms with Gasteiger partial charge in [0, 0.05) is 12.3 Å². The van der Waals surface area contributed by atoms with Crippen LogP contribution in [0.5, 0.6) is 0 Å². The molecule has 5 N–H and O–H groups in total. The molecule has 3 atom stereocenters. The molecule has 0 saturated carbocycles. The number of rotatable bonds is 16. The van der Waals surface area contributed by atoms with Crippen LogP contribution in [0.25, 0.3) is 0 Å². The van der Waals surface area contributed by atoms with Crippen molar-refractivity contribution in [3.05, 3.63) is 35.4 Å². The fourth-order valence-corrected chi connectivity index (χ4v) is 3.90. The molecule has 11 nitrogen and oxygen atoms in total. The standard InChI is InChI=1S/C28H44N4O7S/c1-16(2)13-21(30-26(35)23(18(5)6)32-28(38)39-14-17(3)4)25(34)31-22(15-40)24(33)29-12-11-19-7-9-20(10-8-19)27(36)37/h7-10,16-18,21-23,40H,11-15H2,1-6H3,(H,29,33)(H,30,35)(H,31,34)(H,32,38)(H,36,37)/t21-,22-,23-/m0/s1. The number of thiol groups is 1. The number of hydrogen-bond acceptors (Lipinski definition) is 7. The van der Waals surface area contributed by atoms with E-state index in [-0.39, 0.29) is 42.2 Å². The van der Waals surface area contributed by atoms with Crippen molar-refractivity contribution in [3.63, 3.8) is 0 Å². The third-order valence-corrected chi connectivity index (χ3v) is 6.20. The monoisotopic (exact) mass is 580 g/mol. The first-order chi connectivity index (χ1) is 18.7. The molecule has 0 heterocycles. The van der Waals surface area contributed by atoms with Crippen LogP contribution in [0.2, 0.25) is 0 Å². The predicted molar refractivity (Wildman–Crippen MR) is 155 cm³/mol. The van der Waals surface area contributed by atoms with Gasteiger partial charge >= 0.3 is 12.1 Å². The Morgan fingerprint density at radius 3 is 1.93 bits per heavy atom. The lowest BCUT2D eigenvalue weighted by Crippen LogP contribution is -2.58. The van der Waals surface area contributed by atoms with Gasteiger partial charge in [0.05, 0.1) is 12.2 Å². The van der Waals surface area contributed by atoms with Crippen molar-refractivity contribution >= 4 is 42.4 Å². The molecule has 0 aliphatic heterocycles. The molecule has 0 unspecified atom stereocenters. The van der Waals surface area contributed by atoms with Gasteiger partial charge in [-0.25, -0.2) is 9.59 Å². The maximum Gasteiger partial charge on any atom is 0.407 e. The maximum absolute atomic E-state index is 13.2. The fraction of sp³-hybridized carbons (Fsp3) is 0.607. The van der Waals surface area contributed by atoms with Gasteiger partial charge in [-0.3, -0.25) is 14.4 Å². The van der Waals surface area contributed by atoms with Crippen LogP contribution in [-0.4, -0.2) is 71.9 Å². The zero-order valence-electron chi connectivity index (χ0n) is 24.2. The van der Waals surface area contributed by atoms with E-state index in [0.29, 0.717) is 12.8 Å². The van der Waals surface area contributed by atoms with Gasteiger partial charge < -0.3 is 31.1 Å². The third-order valence-electron chi connectivity index (χ3n) is 5.84. The zero-order valence-corrected chi connectivity index (χ0v) is 25.0. The number of nitrogens with one attached hydrogen (secondary N) is 4. The van der Waals surface area contributed by atoms with E-state index in [9.17, 15) is 24.0 Å². The number of carbonyl (C=O) groups is 5. The highest BCUT2D eigenvalue weighted by Gasteiger charge is 2.31. The minimum absolute atomic E-state index is 0.0328. The number of ether oxygens (including phenoxy) is 1. The Kier molecular flexibility index (Phi) is 15.1. The lowest BCUT2D eigenvalue weighted by atomic mass is 10.00. The fourth-order valence-electron chi connectivity index (χ4n) is 3.64. The van der Waals surface area contributed by atoms with Gasteiger partial charge in [0.25, 0.3) is 0 Å². The SMILES string of the molecule is CC(C)COC(=O)N[C@H](C(=O)N[C@@H](CC(C)C)C(=O)N[C@@H](CS)C(=O)NCCc1ccc(C(=O)O)cc1)C(C)C. The van der Waals surface area contributed by atoms with Crippen molar-refractivity contribution in [1.29, 1.82) is 0 Å². The number of carboxylic acid groups (broad SMARTS) is 1. The highest BCUT2D eigenvalue weighted by molar-refractivity contribution is 7.80. The molecule has 4 amide bonds. The molecule has 0 fully saturated rings. The van der Waals surface area contributed by atoms with E-state index in [1.807, 2.05) is 27.7 Å². The molecule has 1 aromatic carbocycles. The second-order valence-electron chi connectivity index (χ2n) is 10.8. The van der Waals surface area contributed by atoms with Gasteiger partial charge in [-0.2, -0.15) is 12.6 Å². The number of carboxylic acids is 1. The van der Waals surface area contributed by atoms with Gasteiger partial charge in [0.15, 0.2) is 0 Å². The summed E-state index contributed by atoms with van der Waals surface area (Å²) in [7, 11) is 0. The number of hydrogen-bond donors (Lipinski definition) is 6. The van der Waals surface area contributed by atoms with Crippen LogP contribution in [0.1, 0.15) is 63.9 Å². The Hall–Kier alpha value is -3.28. The molecule has 224 valence electrons. The van der Waals surface area contributed by atoms with Gasteiger partial charge in [0.2, 0.25) is 17.7 Å². The average Bonchev–Trinajstić information content (AvgIpc) is 2.88. The first-order valence-corrected chi connectivity index (χ1v) is 14.1. The largest absolute Gasteiger partial charge is 0.478 e. The van der Waals surface area contributed by atoms with Gasteiger partial charge in [-0.15, -0.1) is 0 Å². The van der Waals surface area contributed by atoms with Crippen LogP contribution in [0.15, 0.2) is 24.3 Å². The lowest BCUT2D eigenvalue weighted by molar-refractivity contribution is -0.133. The third kappa shape index (κ3) is 12.7. The van der Waals surface area contributed by atoms with Crippen LogP contribution >= 0.6 is 12.6 Å². The molecule has 0 saturated heterocycles. The van der Waals surface area contributed by atoms with E-state index in [4.69, 9.17) is 9.84 Å².